The Bertz CT molecular complexity index is 552. The lowest BCUT2D eigenvalue weighted by Crippen LogP contribution is -1.93. The van der Waals surface area contributed by atoms with Gasteiger partial charge in [-0.15, -0.1) is 0 Å². The number of halogens is 1. The Morgan fingerprint density at radius 1 is 0.824 bits per heavy atom. The van der Waals surface area contributed by atoms with Crippen LogP contribution in [0.25, 0.3) is 10.8 Å². The quantitative estimate of drug-likeness (QED) is 0.866. The molecule has 2 rings (SSSR count). The molecule has 4 heteroatoms. The van der Waals surface area contributed by atoms with Gasteiger partial charge in [0.15, 0.2) is 0 Å². The minimum atomic E-state index is 0.748. The van der Waals surface area contributed by atoms with Gasteiger partial charge in [0, 0.05) is 5.39 Å². The molecule has 0 aliphatic heterocycles. The van der Waals surface area contributed by atoms with E-state index >= 15 is 0 Å². The number of benzene rings is 2. The maximum Gasteiger partial charge on any atom is 0.144 e. The van der Waals surface area contributed by atoms with Crippen molar-refractivity contribution in [1.82, 2.24) is 0 Å². The predicted octanol–water partition coefficient (Wildman–Crippen LogP) is 3.63. The lowest BCUT2D eigenvalue weighted by Gasteiger charge is -2.14. The molecule has 0 fully saturated rings. The van der Waals surface area contributed by atoms with Gasteiger partial charge in [-0.2, -0.15) is 0 Å². The first-order valence-corrected chi connectivity index (χ1v) is 5.89. The van der Waals surface area contributed by atoms with Crippen LogP contribution in [-0.2, 0) is 0 Å². The van der Waals surface area contributed by atoms with E-state index in [1.807, 2.05) is 24.3 Å². The van der Waals surface area contributed by atoms with Crippen molar-refractivity contribution in [3.63, 3.8) is 0 Å². The molecule has 0 N–H and O–H groups in total. The maximum absolute atomic E-state index is 5.42. The van der Waals surface area contributed by atoms with Crippen LogP contribution in [0.4, 0.5) is 0 Å². The number of fused-ring (bicyclic) bond motifs is 1. The molecule has 2 aromatic carbocycles. The van der Waals surface area contributed by atoms with Crippen molar-refractivity contribution in [2.24, 2.45) is 0 Å². The van der Waals surface area contributed by atoms with Crippen LogP contribution >= 0.6 is 15.9 Å². The maximum atomic E-state index is 5.42. The van der Waals surface area contributed by atoms with Crippen molar-refractivity contribution < 1.29 is 14.2 Å². The van der Waals surface area contributed by atoms with E-state index in [1.54, 1.807) is 21.3 Å². The Labute approximate surface area is 108 Å². The first-order valence-electron chi connectivity index (χ1n) is 5.10. The van der Waals surface area contributed by atoms with Gasteiger partial charge in [0.05, 0.1) is 31.2 Å². The number of methoxy groups -OCH3 is 3. The SMILES string of the molecule is COc1ccc(OC)c2c(OC)c(Br)ccc12. The zero-order valence-electron chi connectivity index (χ0n) is 9.91. The standard InChI is InChI=1S/C13H13BrO3/c1-15-10-6-7-11(16-2)12-8(10)4-5-9(14)13(12)17-3/h4-7H,1-3H3. The second-order valence-corrected chi connectivity index (χ2v) is 4.33. The lowest BCUT2D eigenvalue weighted by molar-refractivity contribution is 0.399. The highest BCUT2D eigenvalue weighted by atomic mass is 79.9. The zero-order valence-corrected chi connectivity index (χ0v) is 11.5. The fourth-order valence-corrected chi connectivity index (χ4v) is 2.37. The van der Waals surface area contributed by atoms with E-state index in [9.17, 15) is 0 Å². The van der Waals surface area contributed by atoms with Crippen LogP contribution in [0.3, 0.4) is 0 Å². The third kappa shape index (κ3) is 1.93. The van der Waals surface area contributed by atoms with Gasteiger partial charge in [0.1, 0.15) is 17.2 Å². The molecule has 0 aliphatic carbocycles. The van der Waals surface area contributed by atoms with Crippen LogP contribution in [-0.4, -0.2) is 21.3 Å². The summed E-state index contributed by atoms with van der Waals surface area (Å²) in [4.78, 5) is 0. The monoisotopic (exact) mass is 296 g/mol. The lowest BCUT2D eigenvalue weighted by atomic mass is 10.1. The number of hydrogen-bond donors (Lipinski definition) is 0. The summed E-state index contributed by atoms with van der Waals surface area (Å²) in [5.74, 6) is 2.31. The summed E-state index contributed by atoms with van der Waals surface area (Å²) in [7, 11) is 4.93. The van der Waals surface area contributed by atoms with E-state index in [-0.39, 0.29) is 0 Å². The molecule has 0 saturated heterocycles. The summed E-state index contributed by atoms with van der Waals surface area (Å²) in [6.45, 7) is 0. The Balaban J connectivity index is 2.90. The van der Waals surface area contributed by atoms with Gasteiger partial charge in [0.2, 0.25) is 0 Å². The van der Waals surface area contributed by atoms with Crippen LogP contribution in [0.1, 0.15) is 0 Å². The molecule has 0 aromatic heterocycles. The number of ether oxygens (including phenoxy) is 3. The van der Waals surface area contributed by atoms with Gasteiger partial charge >= 0.3 is 0 Å². The third-order valence-corrected chi connectivity index (χ3v) is 3.28. The molecule has 17 heavy (non-hydrogen) atoms. The first-order chi connectivity index (χ1) is 8.22. The molecule has 0 radical (unpaired) electrons. The molecular formula is C13H13BrO3. The van der Waals surface area contributed by atoms with Crippen LogP contribution < -0.4 is 14.2 Å². The second-order valence-electron chi connectivity index (χ2n) is 3.47. The van der Waals surface area contributed by atoms with Crippen LogP contribution in [0.2, 0.25) is 0 Å². The van der Waals surface area contributed by atoms with Gasteiger partial charge in [-0.05, 0) is 40.2 Å². The fourth-order valence-electron chi connectivity index (χ4n) is 1.88. The highest BCUT2D eigenvalue weighted by molar-refractivity contribution is 9.10. The second kappa shape index (κ2) is 4.84. The van der Waals surface area contributed by atoms with E-state index in [4.69, 9.17) is 14.2 Å². The minimum Gasteiger partial charge on any atom is -0.496 e. The van der Waals surface area contributed by atoms with E-state index in [2.05, 4.69) is 15.9 Å². The Kier molecular flexibility index (Phi) is 3.43. The normalized spacial score (nSPS) is 10.4. The molecule has 2 aromatic rings. The molecule has 0 amide bonds. The molecule has 0 saturated carbocycles. The van der Waals surface area contributed by atoms with Crippen molar-refractivity contribution in [3.05, 3.63) is 28.7 Å². The topological polar surface area (TPSA) is 27.7 Å². The highest BCUT2D eigenvalue weighted by Gasteiger charge is 2.14. The Morgan fingerprint density at radius 2 is 1.47 bits per heavy atom. The molecule has 0 bridgehead atoms. The summed E-state index contributed by atoms with van der Waals surface area (Å²) < 4.78 is 17.0. The predicted molar refractivity (Wildman–Crippen MR) is 71.3 cm³/mol. The van der Waals surface area contributed by atoms with E-state index in [1.165, 1.54) is 0 Å². The average Bonchev–Trinajstić information content (AvgIpc) is 2.37. The van der Waals surface area contributed by atoms with Crippen LogP contribution in [0, 0.1) is 0 Å². The molecule has 0 atom stereocenters. The number of hydrogen-bond acceptors (Lipinski definition) is 3. The summed E-state index contributed by atoms with van der Waals surface area (Å²) in [5.41, 5.74) is 0. The van der Waals surface area contributed by atoms with Crippen molar-refractivity contribution in [2.75, 3.05) is 21.3 Å². The van der Waals surface area contributed by atoms with E-state index in [0.29, 0.717) is 0 Å². The Morgan fingerprint density at radius 3 is 2.06 bits per heavy atom. The fraction of sp³-hybridized carbons (Fsp3) is 0.231. The smallest absolute Gasteiger partial charge is 0.144 e. The number of rotatable bonds is 3. The largest absolute Gasteiger partial charge is 0.496 e. The summed E-state index contributed by atoms with van der Waals surface area (Å²) >= 11 is 3.47. The summed E-state index contributed by atoms with van der Waals surface area (Å²) in [5, 5.41) is 1.87. The van der Waals surface area contributed by atoms with Gasteiger partial charge in [0.25, 0.3) is 0 Å². The van der Waals surface area contributed by atoms with Crippen molar-refractivity contribution in [2.45, 2.75) is 0 Å². The van der Waals surface area contributed by atoms with Gasteiger partial charge in [-0.25, -0.2) is 0 Å². The minimum absolute atomic E-state index is 0.748. The molecule has 0 spiro atoms. The third-order valence-electron chi connectivity index (χ3n) is 2.65. The van der Waals surface area contributed by atoms with Crippen molar-refractivity contribution in [1.29, 1.82) is 0 Å². The van der Waals surface area contributed by atoms with E-state index in [0.717, 1.165) is 32.5 Å². The average molecular weight is 297 g/mol. The van der Waals surface area contributed by atoms with E-state index < -0.39 is 0 Å². The molecule has 0 heterocycles. The highest BCUT2D eigenvalue weighted by Crippen LogP contribution is 2.42. The van der Waals surface area contributed by atoms with Crippen LogP contribution in [0.5, 0.6) is 17.2 Å². The van der Waals surface area contributed by atoms with Crippen molar-refractivity contribution in [3.8, 4) is 17.2 Å². The van der Waals surface area contributed by atoms with Crippen LogP contribution in [0.15, 0.2) is 28.7 Å². The van der Waals surface area contributed by atoms with Gasteiger partial charge in [-0.3, -0.25) is 0 Å². The molecular weight excluding hydrogens is 284 g/mol. The molecule has 0 aliphatic rings. The molecule has 0 unspecified atom stereocenters. The molecule has 90 valence electrons. The summed E-state index contributed by atoms with van der Waals surface area (Å²) in [6, 6.07) is 7.66. The van der Waals surface area contributed by atoms with Crippen molar-refractivity contribution >= 4 is 26.7 Å². The first kappa shape index (κ1) is 12.0. The van der Waals surface area contributed by atoms with Gasteiger partial charge in [-0.1, -0.05) is 0 Å². The zero-order chi connectivity index (χ0) is 12.4. The Hall–Kier alpha value is -1.42. The summed E-state index contributed by atoms with van der Waals surface area (Å²) in [6.07, 6.45) is 0. The molecule has 3 nitrogen and oxygen atoms in total. The van der Waals surface area contributed by atoms with Gasteiger partial charge < -0.3 is 14.2 Å².